The minimum atomic E-state index is 0.386. The van der Waals surface area contributed by atoms with Crippen LogP contribution in [0.1, 0.15) is 25.7 Å². The van der Waals surface area contributed by atoms with Gasteiger partial charge in [-0.25, -0.2) is 0 Å². The van der Waals surface area contributed by atoms with Crippen LogP contribution in [0.25, 0.3) is 11.4 Å². The fraction of sp³-hybridized carbons (Fsp3) is 0.583. The second kappa shape index (κ2) is 5.77. The van der Waals surface area contributed by atoms with Crippen molar-refractivity contribution in [2.24, 2.45) is 7.05 Å². The van der Waals surface area contributed by atoms with E-state index in [0.29, 0.717) is 17.8 Å². The number of likely N-dealkylation sites (N-methyl/N-ethyl adjacent to an activating group) is 1. The van der Waals surface area contributed by atoms with Crippen molar-refractivity contribution in [3.8, 4) is 11.4 Å². The van der Waals surface area contributed by atoms with E-state index in [9.17, 15) is 0 Å². The van der Waals surface area contributed by atoms with Gasteiger partial charge in [0.05, 0.1) is 11.8 Å². The molecule has 0 aromatic carbocycles. The van der Waals surface area contributed by atoms with Gasteiger partial charge in [-0.15, -0.1) is 0 Å². The van der Waals surface area contributed by atoms with Crippen molar-refractivity contribution >= 4 is 0 Å². The van der Waals surface area contributed by atoms with E-state index in [4.69, 9.17) is 4.52 Å². The predicted molar refractivity (Wildman–Crippen MR) is 68.0 cm³/mol. The second-order valence-corrected chi connectivity index (χ2v) is 4.39. The summed E-state index contributed by atoms with van der Waals surface area (Å²) in [4.78, 5) is 4.39. The van der Waals surface area contributed by atoms with Crippen LogP contribution in [0.4, 0.5) is 0 Å². The Kier molecular flexibility index (Phi) is 4.09. The molecule has 0 aliphatic carbocycles. The Morgan fingerprint density at radius 1 is 1.50 bits per heavy atom. The van der Waals surface area contributed by atoms with Crippen LogP contribution in [0.3, 0.4) is 0 Å². The number of aromatic nitrogens is 4. The Morgan fingerprint density at radius 2 is 2.33 bits per heavy atom. The van der Waals surface area contributed by atoms with Crippen LogP contribution in [0.2, 0.25) is 0 Å². The van der Waals surface area contributed by atoms with Gasteiger partial charge in [-0.05, 0) is 13.5 Å². The normalized spacial score (nSPS) is 12.8. The summed E-state index contributed by atoms with van der Waals surface area (Å²) in [6.45, 7) is 2.17. The Hall–Kier alpha value is -1.69. The van der Waals surface area contributed by atoms with E-state index in [1.807, 2.05) is 20.3 Å². The lowest BCUT2D eigenvalue weighted by atomic mass is 10.1. The van der Waals surface area contributed by atoms with Crippen molar-refractivity contribution < 1.29 is 4.52 Å². The largest absolute Gasteiger partial charge is 0.339 e. The standard InChI is InChI=1S/C12H19N5O/c1-4-5-10(13-2)6-11-15-12(16-18-11)9-7-14-17(3)8-9/h7-8,10,13H,4-6H2,1-3H3. The van der Waals surface area contributed by atoms with Gasteiger partial charge in [0, 0.05) is 25.7 Å². The predicted octanol–water partition coefficient (Wildman–Crippen LogP) is 1.40. The highest BCUT2D eigenvalue weighted by molar-refractivity contribution is 5.50. The van der Waals surface area contributed by atoms with Crippen molar-refractivity contribution in [2.75, 3.05) is 7.05 Å². The Morgan fingerprint density at radius 3 is 2.94 bits per heavy atom. The van der Waals surface area contributed by atoms with E-state index in [0.717, 1.165) is 24.8 Å². The molecular formula is C12H19N5O. The third kappa shape index (κ3) is 2.95. The van der Waals surface area contributed by atoms with Crippen LogP contribution in [-0.4, -0.2) is 33.0 Å². The van der Waals surface area contributed by atoms with E-state index in [1.54, 1.807) is 10.9 Å². The van der Waals surface area contributed by atoms with Gasteiger partial charge in [0.25, 0.3) is 0 Å². The number of nitrogens with zero attached hydrogens (tertiary/aromatic N) is 4. The maximum atomic E-state index is 5.27. The topological polar surface area (TPSA) is 68.8 Å². The van der Waals surface area contributed by atoms with Gasteiger partial charge in [-0.2, -0.15) is 10.1 Å². The van der Waals surface area contributed by atoms with Crippen molar-refractivity contribution in [2.45, 2.75) is 32.2 Å². The molecule has 0 radical (unpaired) electrons. The van der Waals surface area contributed by atoms with Gasteiger partial charge >= 0.3 is 0 Å². The first-order chi connectivity index (χ1) is 8.72. The van der Waals surface area contributed by atoms with Gasteiger partial charge in [0.15, 0.2) is 0 Å². The van der Waals surface area contributed by atoms with E-state index < -0.39 is 0 Å². The molecule has 0 spiro atoms. The molecule has 0 aliphatic heterocycles. The number of aryl methyl sites for hydroxylation is 1. The Bertz CT molecular complexity index is 490. The SMILES string of the molecule is CCCC(Cc1nc(-c2cnn(C)c2)no1)NC. The summed E-state index contributed by atoms with van der Waals surface area (Å²) in [6, 6.07) is 0.386. The molecule has 18 heavy (non-hydrogen) atoms. The van der Waals surface area contributed by atoms with E-state index in [2.05, 4.69) is 27.5 Å². The first-order valence-electron chi connectivity index (χ1n) is 6.21. The van der Waals surface area contributed by atoms with Crippen molar-refractivity contribution in [3.05, 3.63) is 18.3 Å². The number of hydrogen-bond donors (Lipinski definition) is 1. The highest BCUT2D eigenvalue weighted by Gasteiger charge is 2.14. The summed E-state index contributed by atoms with van der Waals surface area (Å²) in [6.07, 6.45) is 6.60. The zero-order chi connectivity index (χ0) is 13.0. The molecule has 2 aromatic rings. The first kappa shape index (κ1) is 12.8. The molecule has 0 aliphatic rings. The van der Waals surface area contributed by atoms with Gasteiger partial charge < -0.3 is 9.84 Å². The zero-order valence-corrected chi connectivity index (χ0v) is 11.1. The average Bonchev–Trinajstić information content (AvgIpc) is 2.97. The molecule has 0 fully saturated rings. The zero-order valence-electron chi connectivity index (χ0n) is 11.1. The molecular weight excluding hydrogens is 230 g/mol. The van der Waals surface area contributed by atoms with E-state index in [1.165, 1.54) is 0 Å². The van der Waals surface area contributed by atoms with Crippen LogP contribution < -0.4 is 5.32 Å². The lowest BCUT2D eigenvalue weighted by Gasteiger charge is -2.11. The van der Waals surface area contributed by atoms with Crippen LogP contribution >= 0.6 is 0 Å². The van der Waals surface area contributed by atoms with Crippen molar-refractivity contribution in [3.63, 3.8) is 0 Å². The Balaban J connectivity index is 2.06. The fourth-order valence-corrected chi connectivity index (χ4v) is 1.90. The maximum absolute atomic E-state index is 5.27. The maximum Gasteiger partial charge on any atom is 0.228 e. The summed E-state index contributed by atoms with van der Waals surface area (Å²) in [5, 5.41) is 11.3. The lowest BCUT2D eigenvalue weighted by Crippen LogP contribution is -2.27. The third-order valence-electron chi connectivity index (χ3n) is 2.90. The molecule has 1 unspecified atom stereocenters. The summed E-state index contributed by atoms with van der Waals surface area (Å²) in [5.74, 6) is 1.27. The fourth-order valence-electron chi connectivity index (χ4n) is 1.90. The van der Waals surface area contributed by atoms with E-state index in [-0.39, 0.29) is 0 Å². The summed E-state index contributed by atoms with van der Waals surface area (Å²) in [7, 11) is 3.82. The smallest absolute Gasteiger partial charge is 0.228 e. The van der Waals surface area contributed by atoms with Crippen LogP contribution in [0.15, 0.2) is 16.9 Å². The van der Waals surface area contributed by atoms with E-state index >= 15 is 0 Å². The highest BCUT2D eigenvalue weighted by atomic mass is 16.5. The molecule has 0 bridgehead atoms. The van der Waals surface area contributed by atoms with Crippen LogP contribution in [0.5, 0.6) is 0 Å². The molecule has 2 aromatic heterocycles. The van der Waals surface area contributed by atoms with Gasteiger partial charge in [-0.1, -0.05) is 18.5 Å². The van der Waals surface area contributed by atoms with Crippen molar-refractivity contribution in [1.82, 2.24) is 25.2 Å². The number of rotatable bonds is 6. The van der Waals surface area contributed by atoms with Crippen LogP contribution in [-0.2, 0) is 13.5 Å². The van der Waals surface area contributed by atoms with Crippen molar-refractivity contribution in [1.29, 1.82) is 0 Å². The summed E-state index contributed by atoms with van der Waals surface area (Å²) < 4.78 is 6.99. The minimum absolute atomic E-state index is 0.386. The molecule has 1 atom stereocenters. The monoisotopic (exact) mass is 249 g/mol. The second-order valence-electron chi connectivity index (χ2n) is 4.39. The minimum Gasteiger partial charge on any atom is -0.339 e. The Labute approximate surface area is 106 Å². The molecule has 2 rings (SSSR count). The molecule has 0 amide bonds. The molecule has 98 valence electrons. The molecule has 0 saturated carbocycles. The van der Waals surface area contributed by atoms with Gasteiger partial charge in [0.1, 0.15) is 0 Å². The van der Waals surface area contributed by atoms with Gasteiger partial charge in [0.2, 0.25) is 11.7 Å². The average molecular weight is 249 g/mol. The quantitative estimate of drug-likeness (QED) is 0.838. The molecule has 0 saturated heterocycles. The molecule has 1 N–H and O–H groups in total. The van der Waals surface area contributed by atoms with Gasteiger partial charge in [-0.3, -0.25) is 4.68 Å². The number of nitrogens with one attached hydrogen (secondary N) is 1. The first-order valence-corrected chi connectivity index (χ1v) is 6.21. The third-order valence-corrected chi connectivity index (χ3v) is 2.90. The lowest BCUT2D eigenvalue weighted by molar-refractivity contribution is 0.356. The molecule has 6 heteroatoms. The number of hydrogen-bond acceptors (Lipinski definition) is 5. The van der Waals surface area contributed by atoms with Crippen LogP contribution in [0, 0.1) is 0 Å². The highest BCUT2D eigenvalue weighted by Crippen LogP contribution is 2.15. The summed E-state index contributed by atoms with van der Waals surface area (Å²) >= 11 is 0. The molecule has 2 heterocycles. The summed E-state index contributed by atoms with van der Waals surface area (Å²) in [5.41, 5.74) is 0.879. The molecule has 6 nitrogen and oxygen atoms in total.